The summed E-state index contributed by atoms with van der Waals surface area (Å²) in [6.07, 6.45) is 1.39. The van der Waals surface area contributed by atoms with E-state index in [0.29, 0.717) is 16.6 Å². The Morgan fingerprint density at radius 1 is 1.13 bits per heavy atom. The molecule has 0 spiro atoms. The van der Waals surface area contributed by atoms with E-state index in [1.807, 2.05) is 49.7 Å². The van der Waals surface area contributed by atoms with Gasteiger partial charge in [0.05, 0.1) is 16.1 Å². The smallest absolute Gasteiger partial charge is 0.0881 e. The zero-order valence-electron chi connectivity index (χ0n) is 12.9. The Bertz CT molecular complexity index is 639. The van der Waals surface area contributed by atoms with Gasteiger partial charge in [-0.1, -0.05) is 47.5 Å². The first-order chi connectivity index (χ1) is 10.6. The van der Waals surface area contributed by atoms with E-state index < -0.39 is 6.10 Å². The van der Waals surface area contributed by atoms with Gasteiger partial charge in [-0.15, -0.1) is 24.2 Å². The SMILES string of the molecule is CNC[C@H](c1ccc(Cl)c(Cl)c1)[C@@H](O)c1ccccc1SC.Cl. The standard InChI is InChI=1S/C17H19Cl2NOS.ClH/c1-20-10-13(11-7-8-14(18)15(19)9-11)17(21)12-5-3-4-6-16(12)22-2;/h3-9,13,17,20-21H,10H2,1-2H3;1H/t13-,17+;/m1./s1. The minimum Gasteiger partial charge on any atom is -0.388 e. The third kappa shape index (κ3) is 5.02. The van der Waals surface area contributed by atoms with Crippen molar-refractivity contribution in [3.8, 4) is 0 Å². The molecule has 2 rings (SSSR count). The van der Waals surface area contributed by atoms with Gasteiger partial charge in [-0.2, -0.15) is 0 Å². The van der Waals surface area contributed by atoms with Crippen LogP contribution in [0.1, 0.15) is 23.1 Å². The van der Waals surface area contributed by atoms with Crippen LogP contribution in [0, 0.1) is 0 Å². The van der Waals surface area contributed by atoms with Crippen molar-refractivity contribution >= 4 is 47.4 Å². The van der Waals surface area contributed by atoms with Gasteiger partial charge in [-0.25, -0.2) is 0 Å². The number of rotatable bonds is 6. The van der Waals surface area contributed by atoms with Crippen molar-refractivity contribution in [2.75, 3.05) is 19.8 Å². The van der Waals surface area contributed by atoms with Gasteiger partial charge < -0.3 is 10.4 Å². The molecule has 23 heavy (non-hydrogen) atoms. The fourth-order valence-corrected chi connectivity index (χ4v) is 3.45. The molecule has 0 saturated carbocycles. The van der Waals surface area contributed by atoms with Crippen LogP contribution in [0.25, 0.3) is 0 Å². The third-order valence-electron chi connectivity index (χ3n) is 3.63. The molecule has 0 heterocycles. The van der Waals surface area contributed by atoms with Crippen LogP contribution < -0.4 is 5.32 Å². The zero-order valence-corrected chi connectivity index (χ0v) is 16.1. The number of hydrogen-bond donors (Lipinski definition) is 2. The minimum absolute atomic E-state index is 0. The first-order valence-corrected chi connectivity index (χ1v) is 8.97. The topological polar surface area (TPSA) is 32.3 Å². The Labute approximate surface area is 158 Å². The molecule has 0 aliphatic carbocycles. The highest BCUT2D eigenvalue weighted by molar-refractivity contribution is 7.98. The van der Waals surface area contributed by atoms with Gasteiger partial charge in [0, 0.05) is 17.4 Å². The highest BCUT2D eigenvalue weighted by Crippen LogP contribution is 2.37. The predicted octanol–water partition coefficient (Wildman–Crippen LogP) is 5.17. The molecule has 0 amide bonds. The zero-order chi connectivity index (χ0) is 16.1. The summed E-state index contributed by atoms with van der Waals surface area (Å²) in [5, 5.41) is 15.1. The number of aliphatic hydroxyl groups is 1. The summed E-state index contributed by atoms with van der Waals surface area (Å²) in [7, 11) is 1.87. The number of halogens is 3. The van der Waals surface area contributed by atoms with E-state index >= 15 is 0 Å². The van der Waals surface area contributed by atoms with Crippen LogP contribution in [0.3, 0.4) is 0 Å². The van der Waals surface area contributed by atoms with Crippen molar-refractivity contribution < 1.29 is 5.11 Å². The summed E-state index contributed by atoms with van der Waals surface area (Å²) in [4.78, 5) is 1.08. The maximum Gasteiger partial charge on any atom is 0.0881 e. The lowest BCUT2D eigenvalue weighted by Gasteiger charge is -2.25. The molecular formula is C17H20Cl3NOS. The largest absolute Gasteiger partial charge is 0.388 e. The fraction of sp³-hybridized carbons (Fsp3) is 0.294. The lowest BCUT2D eigenvalue weighted by Crippen LogP contribution is -2.23. The Morgan fingerprint density at radius 3 is 2.43 bits per heavy atom. The summed E-state index contributed by atoms with van der Waals surface area (Å²) in [5.74, 6) is -0.104. The van der Waals surface area contributed by atoms with E-state index in [-0.39, 0.29) is 18.3 Å². The minimum atomic E-state index is -0.617. The van der Waals surface area contributed by atoms with Gasteiger partial charge in [0.1, 0.15) is 0 Å². The second kappa shape index (κ2) is 9.77. The fourth-order valence-electron chi connectivity index (χ4n) is 2.50. The molecule has 0 saturated heterocycles. The van der Waals surface area contributed by atoms with Crippen LogP contribution in [0.2, 0.25) is 10.0 Å². The van der Waals surface area contributed by atoms with Crippen molar-refractivity contribution in [2.24, 2.45) is 0 Å². The predicted molar refractivity (Wildman–Crippen MR) is 104 cm³/mol. The van der Waals surface area contributed by atoms with E-state index in [4.69, 9.17) is 23.2 Å². The molecule has 126 valence electrons. The first-order valence-electron chi connectivity index (χ1n) is 6.99. The molecule has 0 radical (unpaired) electrons. The van der Waals surface area contributed by atoms with E-state index in [1.165, 1.54) is 0 Å². The molecule has 2 aromatic carbocycles. The van der Waals surface area contributed by atoms with Gasteiger partial charge in [-0.3, -0.25) is 0 Å². The average Bonchev–Trinajstić information content (AvgIpc) is 2.54. The average molecular weight is 393 g/mol. The monoisotopic (exact) mass is 391 g/mol. The van der Waals surface area contributed by atoms with Gasteiger partial charge in [-0.05, 0) is 42.6 Å². The normalized spacial score (nSPS) is 13.3. The van der Waals surface area contributed by atoms with Crippen LogP contribution >= 0.6 is 47.4 Å². The highest BCUT2D eigenvalue weighted by Gasteiger charge is 2.24. The molecule has 0 fully saturated rings. The molecule has 0 bridgehead atoms. The summed E-state index contributed by atoms with van der Waals surface area (Å²) >= 11 is 13.8. The van der Waals surface area contributed by atoms with Gasteiger partial charge >= 0.3 is 0 Å². The summed E-state index contributed by atoms with van der Waals surface area (Å²) in [5.41, 5.74) is 1.90. The van der Waals surface area contributed by atoms with E-state index in [9.17, 15) is 5.11 Å². The molecule has 2 N–H and O–H groups in total. The van der Waals surface area contributed by atoms with Crippen molar-refractivity contribution in [2.45, 2.75) is 16.9 Å². The Kier molecular flexibility index (Phi) is 8.76. The van der Waals surface area contributed by atoms with Crippen LogP contribution in [-0.4, -0.2) is 25.0 Å². The van der Waals surface area contributed by atoms with Gasteiger partial charge in [0.2, 0.25) is 0 Å². The van der Waals surface area contributed by atoms with Gasteiger partial charge in [0.15, 0.2) is 0 Å². The molecule has 6 heteroatoms. The molecule has 2 atom stereocenters. The maximum absolute atomic E-state index is 10.9. The number of aliphatic hydroxyl groups excluding tert-OH is 1. The van der Waals surface area contributed by atoms with E-state index in [2.05, 4.69) is 5.32 Å². The van der Waals surface area contributed by atoms with E-state index in [0.717, 1.165) is 16.0 Å². The number of thioether (sulfide) groups is 1. The molecule has 0 unspecified atom stereocenters. The van der Waals surface area contributed by atoms with E-state index in [1.54, 1.807) is 17.8 Å². The molecule has 0 aliphatic heterocycles. The number of nitrogens with one attached hydrogen (secondary N) is 1. The van der Waals surface area contributed by atoms with Crippen molar-refractivity contribution in [3.63, 3.8) is 0 Å². The molecule has 2 nitrogen and oxygen atoms in total. The Morgan fingerprint density at radius 2 is 1.83 bits per heavy atom. The summed E-state index contributed by atoms with van der Waals surface area (Å²) in [6, 6.07) is 13.4. The highest BCUT2D eigenvalue weighted by atomic mass is 35.5. The van der Waals surface area contributed by atoms with Crippen LogP contribution in [0.5, 0.6) is 0 Å². The Balaban J connectivity index is 0.00000264. The van der Waals surface area contributed by atoms with Crippen LogP contribution in [-0.2, 0) is 0 Å². The first kappa shape index (κ1) is 20.6. The second-order valence-electron chi connectivity index (χ2n) is 5.02. The lowest BCUT2D eigenvalue weighted by atomic mass is 9.89. The summed E-state index contributed by atoms with van der Waals surface area (Å²) < 4.78 is 0. The summed E-state index contributed by atoms with van der Waals surface area (Å²) in [6.45, 7) is 0.641. The van der Waals surface area contributed by atoms with Crippen LogP contribution in [0.15, 0.2) is 47.4 Å². The number of hydrogen-bond acceptors (Lipinski definition) is 3. The third-order valence-corrected chi connectivity index (χ3v) is 5.19. The molecular weight excluding hydrogens is 373 g/mol. The van der Waals surface area contributed by atoms with Crippen molar-refractivity contribution in [3.05, 3.63) is 63.6 Å². The molecule has 0 aliphatic rings. The van der Waals surface area contributed by atoms with Crippen molar-refractivity contribution in [1.82, 2.24) is 5.32 Å². The Hall–Kier alpha value is -0.420. The lowest BCUT2D eigenvalue weighted by molar-refractivity contribution is 0.141. The van der Waals surface area contributed by atoms with Gasteiger partial charge in [0.25, 0.3) is 0 Å². The molecule has 0 aromatic heterocycles. The maximum atomic E-state index is 10.9. The van der Waals surface area contributed by atoms with Crippen molar-refractivity contribution in [1.29, 1.82) is 0 Å². The number of likely N-dealkylation sites (N-methyl/N-ethyl adjacent to an activating group) is 1. The second-order valence-corrected chi connectivity index (χ2v) is 6.69. The molecule has 2 aromatic rings. The quantitative estimate of drug-likeness (QED) is 0.665. The van der Waals surface area contributed by atoms with Crippen LogP contribution in [0.4, 0.5) is 0 Å². The number of benzene rings is 2.